The van der Waals surface area contributed by atoms with Gasteiger partial charge in [0.2, 0.25) is 0 Å². The summed E-state index contributed by atoms with van der Waals surface area (Å²) in [5.41, 5.74) is 5.17. The molecule has 0 amide bonds. The van der Waals surface area contributed by atoms with Crippen molar-refractivity contribution in [2.75, 3.05) is 19.6 Å². The topological polar surface area (TPSA) is 28.3 Å². The number of nitrogens with zero attached hydrogens (tertiary/aromatic N) is 1. The van der Waals surface area contributed by atoms with Gasteiger partial charge in [0.25, 0.3) is 0 Å². The fraction of sp³-hybridized carbons (Fsp3) is 0.310. The van der Waals surface area contributed by atoms with E-state index in [9.17, 15) is 0 Å². The van der Waals surface area contributed by atoms with Gasteiger partial charge in [-0.05, 0) is 73.7 Å². The van der Waals surface area contributed by atoms with E-state index < -0.39 is 0 Å². The van der Waals surface area contributed by atoms with Crippen LogP contribution >= 0.6 is 0 Å². The minimum absolute atomic E-state index is 0.601. The van der Waals surface area contributed by atoms with Crippen LogP contribution in [0.25, 0.3) is 10.9 Å². The van der Waals surface area contributed by atoms with Crippen LogP contribution in [0, 0.1) is 5.92 Å². The summed E-state index contributed by atoms with van der Waals surface area (Å²) in [6, 6.07) is 29.9. The van der Waals surface area contributed by atoms with Gasteiger partial charge < -0.3 is 14.6 Å². The lowest BCUT2D eigenvalue weighted by Crippen LogP contribution is -2.35. The molecule has 5 rings (SSSR count). The van der Waals surface area contributed by atoms with E-state index in [4.69, 9.17) is 4.74 Å². The summed E-state index contributed by atoms with van der Waals surface area (Å²) >= 11 is 0. The minimum Gasteiger partial charge on any atom is -0.489 e. The molecule has 3 aromatic carbocycles. The van der Waals surface area contributed by atoms with Gasteiger partial charge in [0.05, 0.1) is 0 Å². The molecule has 0 bridgehead atoms. The number of hydrogen-bond acceptors (Lipinski definition) is 2. The molecule has 164 valence electrons. The van der Waals surface area contributed by atoms with Crippen LogP contribution in [0.4, 0.5) is 0 Å². The molecule has 1 saturated heterocycles. The number of nitrogens with one attached hydrogen (secondary N) is 1. The summed E-state index contributed by atoms with van der Waals surface area (Å²) in [7, 11) is 0. The maximum atomic E-state index is 6.00. The number of hydrogen-bond donors (Lipinski definition) is 1. The van der Waals surface area contributed by atoms with Crippen molar-refractivity contribution in [1.29, 1.82) is 0 Å². The van der Waals surface area contributed by atoms with Crippen LogP contribution < -0.4 is 4.74 Å². The van der Waals surface area contributed by atoms with Crippen LogP contribution in [0.15, 0.2) is 84.9 Å². The monoisotopic (exact) mass is 424 g/mol. The zero-order chi connectivity index (χ0) is 21.6. The molecule has 0 atom stereocenters. The first-order valence-electron chi connectivity index (χ1n) is 11.9. The molecule has 0 spiro atoms. The first-order valence-corrected chi connectivity index (χ1v) is 11.9. The normalized spacial score (nSPS) is 15.2. The lowest BCUT2D eigenvalue weighted by molar-refractivity contribution is 0.185. The highest BCUT2D eigenvalue weighted by molar-refractivity contribution is 5.81. The van der Waals surface area contributed by atoms with Crippen molar-refractivity contribution in [2.45, 2.75) is 32.3 Å². The number of fused-ring (bicyclic) bond motifs is 1. The Morgan fingerprint density at radius 2 is 1.53 bits per heavy atom. The number of likely N-dealkylation sites (tertiary alicyclic amines) is 1. The second-order valence-corrected chi connectivity index (χ2v) is 9.04. The second-order valence-electron chi connectivity index (χ2n) is 9.04. The number of aromatic nitrogens is 1. The number of rotatable bonds is 8. The Hall–Kier alpha value is -3.04. The SMILES string of the molecule is c1ccc(COc2ccc3[nH]c(CCN4CCC(Cc5ccccc5)CC4)cc3c2)cc1. The molecule has 1 aliphatic rings. The van der Waals surface area contributed by atoms with Crippen LogP contribution in [0.2, 0.25) is 0 Å². The average Bonchev–Trinajstić information content (AvgIpc) is 3.26. The number of aromatic amines is 1. The van der Waals surface area contributed by atoms with Gasteiger partial charge in [-0.1, -0.05) is 60.7 Å². The quantitative estimate of drug-likeness (QED) is 0.362. The maximum absolute atomic E-state index is 6.00. The molecule has 0 saturated carbocycles. The number of ether oxygens (including phenoxy) is 1. The summed E-state index contributed by atoms with van der Waals surface area (Å²) in [6.07, 6.45) is 4.91. The minimum atomic E-state index is 0.601. The standard InChI is InChI=1S/C29H32N2O/c1-3-7-23(8-4-1)19-24-13-16-31(17-14-24)18-15-27-20-26-21-28(11-12-29(26)30-27)32-22-25-9-5-2-6-10-25/h1-12,20-21,24,30H,13-19,22H2. The summed E-state index contributed by atoms with van der Waals surface area (Å²) in [6.45, 7) is 4.16. The van der Waals surface area contributed by atoms with Crippen molar-refractivity contribution >= 4 is 10.9 Å². The molecule has 32 heavy (non-hydrogen) atoms. The fourth-order valence-corrected chi connectivity index (χ4v) is 4.78. The lowest BCUT2D eigenvalue weighted by atomic mass is 9.90. The molecule has 0 radical (unpaired) electrons. The summed E-state index contributed by atoms with van der Waals surface area (Å²) in [4.78, 5) is 6.22. The fourth-order valence-electron chi connectivity index (χ4n) is 4.78. The molecule has 1 N–H and O–H groups in total. The first kappa shape index (κ1) is 20.8. The van der Waals surface area contributed by atoms with Crippen molar-refractivity contribution in [1.82, 2.24) is 9.88 Å². The van der Waals surface area contributed by atoms with Crippen molar-refractivity contribution < 1.29 is 4.74 Å². The second kappa shape index (κ2) is 10.1. The molecule has 1 fully saturated rings. The van der Waals surface area contributed by atoms with Gasteiger partial charge in [0.15, 0.2) is 0 Å². The molecule has 0 unspecified atom stereocenters. The van der Waals surface area contributed by atoms with Crippen molar-refractivity contribution in [3.63, 3.8) is 0 Å². The van der Waals surface area contributed by atoms with E-state index in [2.05, 4.69) is 76.6 Å². The molecule has 2 heterocycles. The number of piperidine rings is 1. The molecule has 3 nitrogen and oxygen atoms in total. The Labute approximate surface area is 191 Å². The van der Waals surface area contributed by atoms with E-state index in [0.717, 1.165) is 24.6 Å². The smallest absolute Gasteiger partial charge is 0.120 e. The van der Waals surface area contributed by atoms with E-state index >= 15 is 0 Å². The largest absolute Gasteiger partial charge is 0.489 e. The highest BCUT2D eigenvalue weighted by Crippen LogP contribution is 2.24. The molecule has 1 aromatic heterocycles. The Bertz CT molecular complexity index is 1110. The molecule has 3 heteroatoms. The summed E-state index contributed by atoms with van der Waals surface area (Å²) < 4.78 is 6.00. The third-order valence-corrected chi connectivity index (χ3v) is 6.67. The lowest BCUT2D eigenvalue weighted by Gasteiger charge is -2.32. The van der Waals surface area contributed by atoms with Gasteiger partial charge in [-0.15, -0.1) is 0 Å². The van der Waals surface area contributed by atoms with Gasteiger partial charge in [0.1, 0.15) is 12.4 Å². The molecule has 1 aliphatic heterocycles. The van der Waals surface area contributed by atoms with Gasteiger partial charge in [0, 0.05) is 29.6 Å². The highest BCUT2D eigenvalue weighted by atomic mass is 16.5. The maximum Gasteiger partial charge on any atom is 0.120 e. The van der Waals surface area contributed by atoms with Gasteiger partial charge >= 0.3 is 0 Å². The third kappa shape index (κ3) is 5.41. The Morgan fingerprint density at radius 1 is 0.812 bits per heavy atom. The van der Waals surface area contributed by atoms with Crippen molar-refractivity contribution in [2.24, 2.45) is 5.92 Å². The van der Waals surface area contributed by atoms with E-state index in [1.54, 1.807) is 0 Å². The van der Waals surface area contributed by atoms with Gasteiger partial charge in [-0.3, -0.25) is 0 Å². The van der Waals surface area contributed by atoms with E-state index in [1.807, 2.05) is 18.2 Å². The third-order valence-electron chi connectivity index (χ3n) is 6.67. The van der Waals surface area contributed by atoms with Crippen LogP contribution in [0.5, 0.6) is 5.75 Å². The first-order chi connectivity index (χ1) is 15.8. The summed E-state index contributed by atoms with van der Waals surface area (Å²) in [5.74, 6) is 1.75. The van der Waals surface area contributed by atoms with Crippen LogP contribution in [-0.2, 0) is 19.4 Å². The zero-order valence-electron chi connectivity index (χ0n) is 18.7. The van der Waals surface area contributed by atoms with Crippen molar-refractivity contribution in [3.05, 3.63) is 102 Å². The molecule has 0 aliphatic carbocycles. The van der Waals surface area contributed by atoms with Crippen LogP contribution in [0.1, 0.15) is 29.7 Å². The Balaban J connectivity index is 1.11. The average molecular weight is 425 g/mol. The molecule has 4 aromatic rings. The molecular formula is C29H32N2O. The van der Waals surface area contributed by atoms with Gasteiger partial charge in [-0.2, -0.15) is 0 Å². The summed E-state index contributed by atoms with van der Waals surface area (Å²) in [5, 5.41) is 1.23. The van der Waals surface area contributed by atoms with E-state index in [0.29, 0.717) is 6.61 Å². The van der Waals surface area contributed by atoms with Crippen LogP contribution in [0.3, 0.4) is 0 Å². The molecular weight excluding hydrogens is 392 g/mol. The zero-order valence-corrected chi connectivity index (χ0v) is 18.7. The Kier molecular flexibility index (Phi) is 6.55. The van der Waals surface area contributed by atoms with Gasteiger partial charge in [-0.25, -0.2) is 0 Å². The number of H-pyrrole nitrogens is 1. The predicted octanol–water partition coefficient (Wildman–Crippen LogP) is 6.24. The highest BCUT2D eigenvalue weighted by Gasteiger charge is 2.19. The van der Waals surface area contributed by atoms with E-state index in [1.165, 1.54) is 60.1 Å². The predicted molar refractivity (Wildman–Crippen MR) is 132 cm³/mol. The van der Waals surface area contributed by atoms with Crippen molar-refractivity contribution in [3.8, 4) is 5.75 Å². The van der Waals surface area contributed by atoms with E-state index in [-0.39, 0.29) is 0 Å². The Morgan fingerprint density at radius 3 is 2.28 bits per heavy atom. The number of benzene rings is 3. The van der Waals surface area contributed by atoms with Crippen LogP contribution in [-0.4, -0.2) is 29.5 Å².